The second-order valence-electron chi connectivity index (χ2n) is 6.34. The van der Waals surface area contributed by atoms with E-state index < -0.39 is 22.9 Å². The van der Waals surface area contributed by atoms with Crippen molar-refractivity contribution >= 4 is 23.3 Å². The smallest absolute Gasteiger partial charge is 0.344 e. The van der Waals surface area contributed by atoms with Gasteiger partial charge in [-0.15, -0.1) is 0 Å². The Balaban J connectivity index is 2.15. The largest absolute Gasteiger partial charge is 0.496 e. The molecule has 150 valence electrons. The molecule has 10 nitrogen and oxygen atoms in total. The van der Waals surface area contributed by atoms with Crippen molar-refractivity contribution in [3.8, 4) is 5.75 Å². The Labute approximate surface area is 160 Å². The number of carbonyl (C=O) groups excluding carboxylic acids is 2. The van der Waals surface area contributed by atoms with Crippen molar-refractivity contribution < 1.29 is 28.5 Å². The summed E-state index contributed by atoms with van der Waals surface area (Å²) >= 11 is 0. The number of rotatable bonds is 7. The monoisotopic (exact) mass is 391 g/mol. The lowest BCUT2D eigenvalue weighted by atomic mass is 10.1. The highest BCUT2D eigenvalue weighted by atomic mass is 16.6. The Morgan fingerprint density at radius 2 is 1.96 bits per heavy atom. The first kappa shape index (κ1) is 20.9. The van der Waals surface area contributed by atoms with Crippen molar-refractivity contribution in [3.63, 3.8) is 0 Å². The Morgan fingerprint density at radius 3 is 2.54 bits per heavy atom. The van der Waals surface area contributed by atoms with Crippen LogP contribution in [-0.4, -0.2) is 35.2 Å². The van der Waals surface area contributed by atoms with Crippen molar-refractivity contribution in [2.24, 2.45) is 0 Å². The molecule has 0 spiro atoms. The molecule has 0 saturated carbocycles. The van der Waals surface area contributed by atoms with E-state index in [0.29, 0.717) is 11.5 Å². The summed E-state index contributed by atoms with van der Waals surface area (Å²) in [4.78, 5) is 35.4. The van der Waals surface area contributed by atoms with Gasteiger partial charge in [0.2, 0.25) is 0 Å². The van der Waals surface area contributed by atoms with Crippen LogP contribution in [0.15, 0.2) is 22.7 Å². The number of ether oxygens (including phenoxy) is 2. The third-order valence-corrected chi connectivity index (χ3v) is 3.93. The number of hydrogen-bond donors (Lipinski definition) is 1. The summed E-state index contributed by atoms with van der Waals surface area (Å²) in [5.74, 6) is -0.944. The standard InChI is InChI=1S/C18H21N3O7/c1-9(2)16-15(10(3)20-28-16)18(23)27-11(4)17(22)19-13-7-6-12(26-5)8-14(13)21(24)25/h6-9,11H,1-5H3,(H,19,22)/t11-/m1/s1. The molecule has 0 aliphatic rings. The zero-order chi connectivity index (χ0) is 21.0. The Bertz CT molecular complexity index is 905. The van der Waals surface area contributed by atoms with Gasteiger partial charge in [0.1, 0.15) is 17.0 Å². The molecule has 28 heavy (non-hydrogen) atoms. The van der Waals surface area contributed by atoms with Gasteiger partial charge in [0.15, 0.2) is 11.9 Å². The maximum Gasteiger partial charge on any atom is 0.344 e. The van der Waals surface area contributed by atoms with Gasteiger partial charge < -0.3 is 19.3 Å². The van der Waals surface area contributed by atoms with E-state index in [9.17, 15) is 19.7 Å². The quantitative estimate of drug-likeness (QED) is 0.432. The van der Waals surface area contributed by atoms with E-state index in [4.69, 9.17) is 14.0 Å². The highest BCUT2D eigenvalue weighted by Crippen LogP contribution is 2.29. The van der Waals surface area contributed by atoms with Crippen LogP contribution in [0.25, 0.3) is 0 Å². The molecule has 0 saturated heterocycles. The molecule has 0 aliphatic heterocycles. The van der Waals surface area contributed by atoms with Gasteiger partial charge in [0.05, 0.1) is 23.8 Å². The highest BCUT2D eigenvalue weighted by Gasteiger charge is 2.28. The number of amides is 1. The maximum absolute atomic E-state index is 12.5. The number of anilines is 1. The summed E-state index contributed by atoms with van der Waals surface area (Å²) < 4.78 is 15.3. The van der Waals surface area contributed by atoms with E-state index in [0.717, 1.165) is 0 Å². The fourth-order valence-electron chi connectivity index (χ4n) is 2.43. The number of aryl methyl sites for hydroxylation is 1. The lowest BCUT2D eigenvalue weighted by Crippen LogP contribution is -2.30. The topological polar surface area (TPSA) is 134 Å². The van der Waals surface area contributed by atoms with Crippen LogP contribution in [0.2, 0.25) is 0 Å². The number of nitro benzene ring substituents is 1. The number of benzene rings is 1. The fraction of sp³-hybridized carbons (Fsp3) is 0.389. The third-order valence-electron chi connectivity index (χ3n) is 3.93. The predicted octanol–water partition coefficient (Wildman–Crippen LogP) is 3.21. The normalized spacial score (nSPS) is 11.8. The average Bonchev–Trinajstić information content (AvgIpc) is 3.03. The second kappa shape index (κ2) is 8.51. The Hall–Kier alpha value is -3.43. The van der Waals surface area contributed by atoms with Gasteiger partial charge in [-0.2, -0.15) is 0 Å². The molecule has 1 atom stereocenters. The zero-order valence-corrected chi connectivity index (χ0v) is 16.1. The minimum atomic E-state index is -1.21. The minimum Gasteiger partial charge on any atom is -0.496 e. The summed E-state index contributed by atoms with van der Waals surface area (Å²) in [6.07, 6.45) is -1.21. The number of nitrogens with zero attached hydrogens (tertiary/aromatic N) is 2. The first-order valence-corrected chi connectivity index (χ1v) is 8.46. The molecule has 0 radical (unpaired) electrons. The zero-order valence-electron chi connectivity index (χ0n) is 16.1. The molecule has 2 aromatic rings. The molecule has 1 amide bonds. The number of methoxy groups -OCH3 is 1. The van der Waals surface area contributed by atoms with E-state index in [1.807, 2.05) is 13.8 Å². The van der Waals surface area contributed by atoms with E-state index in [1.165, 1.54) is 32.2 Å². The van der Waals surface area contributed by atoms with Gasteiger partial charge in [-0.05, 0) is 26.0 Å². The van der Waals surface area contributed by atoms with Gasteiger partial charge in [0.25, 0.3) is 11.6 Å². The SMILES string of the molecule is COc1ccc(NC(=O)[C@@H](C)OC(=O)c2c(C)noc2C(C)C)c([N+](=O)[O-])c1. The molecule has 2 rings (SSSR count). The van der Waals surface area contributed by atoms with Crippen LogP contribution in [-0.2, 0) is 9.53 Å². The summed E-state index contributed by atoms with van der Waals surface area (Å²) in [7, 11) is 1.37. The van der Waals surface area contributed by atoms with Gasteiger partial charge in [-0.25, -0.2) is 4.79 Å². The van der Waals surface area contributed by atoms with E-state index >= 15 is 0 Å². The van der Waals surface area contributed by atoms with Crippen LogP contribution in [0.5, 0.6) is 5.75 Å². The van der Waals surface area contributed by atoms with Gasteiger partial charge in [0, 0.05) is 5.92 Å². The number of esters is 1. The van der Waals surface area contributed by atoms with E-state index in [1.54, 1.807) is 6.92 Å². The maximum atomic E-state index is 12.5. The lowest BCUT2D eigenvalue weighted by Gasteiger charge is -2.14. The van der Waals surface area contributed by atoms with Gasteiger partial charge in [-0.1, -0.05) is 19.0 Å². The van der Waals surface area contributed by atoms with Gasteiger partial charge in [-0.3, -0.25) is 14.9 Å². The minimum absolute atomic E-state index is 0.0391. The lowest BCUT2D eigenvalue weighted by molar-refractivity contribution is -0.384. The predicted molar refractivity (Wildman–Crippen MR) is 98.5 cm³/mol. The van der Waals surface area contributed by atoms with Crippen molar-refractivity contribution in [1.82, 2.24) is 5.16 Å². The average molecular weight is 391 g/mol. The van der Waals surface area contributed by atoms with Crippen LogP contribution in [0, 0.1) is 17.0 Å². The Morgan fingerprint density at radius 1 is 1.29 bits per heavy atom. The molecule has 10 heteroatoms. The Kier molecular flexibility index (Phi) is 6.34. The molecule has 0 unspecified atom stereocenters. The van der Waals surface area contributed by atoms with Crippen LogP contribution < -0.4 is 10.1 Å². The van der Waals surface area contributed by atoms with E-state index in [2.05, 4.69) is 10.5 Å². The summed E-state index contributed by atoms with van der Waals surface area (Å²) in [5, 5.41) is 17.4. The molecule has 0 fully saturated rings. The van der Waals surface area contributed by atoms with Crippen LogP contribution in [0.1, 0.15) is 48.5 Å². The molecule has 1 heterocycles. The fourth-order valence-corrected chi connectivity index (χ4v) is 2.43. The molecular weight excluding hydrogens is 370 g/mol. The van der Waals surface area contributed by atoms with Crippen molar-refractivity contribution in [1.29, 1.82) is 0 Å². The molecule has 1 aromatic carbocycles. The summed E-state index contributed by atoms with van der Waals surface area (Å²) in [6.45, 7) is 6.61. The third kappa shape index (κ3) is 4.45. The molecule has 1 aromatic heterocycles. The first-order chi connectivity index (χ1) is 13.1. The summed E-state index contributed by atoms with van der Waals surface area (Å²) in [5.41, 5.74) is 0.142. The molecular formula is C18H21N3O7. The highest BCUT2D eigenvalue weighted by molar-refractivity contribution is 5.99. The van der Waals surface area contributed by atoms with E-state index in [-0.39, 0.29) is 28.6 Å². The first-order valence-electron chi connectivity index (χ1n) is 8.46. The van der Waals surface area contributed by atoms with Crippen LogP contribution in [0.4, 0.5) is 11.4 Å². The molecule has 0 aliphatic carbocycles. The van der Waals surface area contributed by atoms with Crippen molar-refractivity contribution in [3.05, 3.63) is 45.3 Å². The van der Waals surface area contributed by atoms with Crippen molar-refractivity contribution in [2.45, 2.75) is 39.7 Å². The van der Waals surface area contributed by atoms with Crippen LogP contribution in [0.3, 0.4) is 0 Å². The van der Waals surface area contributed by atoms with Crippen molar-refractivity contribution in [2.75, 3.05) is 12.4 Å². The molecule has 0 bridgehead atoms. The van der Waals surface area contributed by atoms with Crippen LogP contribution >= 0.6 is 0 Å². The summed E-state index contributed by atoms with van der Waals surface area (Å²) in [6, 6.07) is 3.99. The molecule has 1 N–H and O–H groups in total. The number of aromatic nitrogens is 1. The van der Waals surface area contributed by atoms with Gasteiger partial charge >= 0.3 is 5.97 Å². The number of nitrogens with one attached hydrogen (secondary N) is 1. The number of hydrogen-bond acceptors (Lipinski definition) is 8. The number of nitro groups is 1. The second-order valence-corrected chi connectivity index (χ2v) is 6.34. The number of carbonyl (C=O) groups is 2.